The molecule has 3 amide bonds. The second kappa shape index (κ2) is 5.97. The van der Waals surface area contributed by atoms with Crippen LogP contribution in [0, 0.1) is 0 Å². The molecule has 1 saturated heterocycles. The van der Waals surface area contributed by atoms with Crippen LogP contribution in [0.2, 0.25) is 0 Å². The zero-order chi connectivity index (χ0) is 14.4. The summed E-state index contributed by atoms with van der Waals surface area (Å²) in [6, 6.07) is -2.94. The van der Waals surface area contributed by atoms with E-state index in [0.717, 1.165) is 4.90 Å². The second-order valence-corrected chi connectivity index (χ2v) is 5.04. The van der Waals surface area contributed by atoms with Gasteiger partial charge in [-0.05, 0) is 5.57 Å². The SMILES string of the molecule is NC(=O)C1C(CO)=CC2CN1C(=O)N2OS(=O)(=O)O.[NaH]. The molecule has 2 atom stereocenters. The molecule has 1 fully saturated rings. The number of hydrogen-bond donors (Lipinski definition) is 3. The van der Waals surface area contributed by atoms with E-state index < -0.39 is 41.0 Å². The van der Waals surface area contributed by atoms with Gasteiger partial charge in [-0.3, -0.25) is 9.35 Å². The van der Waals surface area contributed by atoms with E-state index in [1.54, 1.807) is 0 Å². The molecule has 0 aliphatic carbocycles. The molecule has 0 aromatic rings. The first-order valence-electron chi connectivity index (χ1n) is 5.12. The van der Waals surface area contributed by atoms with Gasteiger partial charge in [0.2, 0.25) is 5.91 Å². The number of aliphatic hydroxyl groups excluding tert-OH is 1. The quantitative estimate of drug-likeness (QED) is 0.283. The summed E-state index contributed by atoms with van der Waals surface area (Å²) in [6.07, 6.45) is 1.31. The van der Waals surface area contributed by atoms with E-state index in [0.29, 0.717) is 5.06 Å². The minimum atomic E-state index is -4.87. The van der Waals surface area contributed by atoms with E-state index in [1.807, 2.05) is 0 Å². The molecule has 20 heavy (non-hydrogen) atoms. The average Bonchev–Trinajstić information content (AvgIpc) is 2.52. The number of nitrogens with zero attached hydrogens (tertiary/aromatic N) is 2. The topological polar surface area (TPSA) is 150 Å². The van der Waals surface area contributed by atoms with Crippen molar-refractivity contribution in [2.45, 2.75) is 12.1 Å². The molecular formula is C8H12N3NaO7S. The van der Waals surface area contributed by atoms with Crippen LogP contribution in [-0.4, -0.2) is 94.8 Å². The van der Waals surface area contributed by atoms with Gasteiger partial charge in [0, 0.05) is 0 Å². The number of rotatable bonds is 4. The number of nitrogens with two attached hydrogens (primary N) is 1. The number of hydroxylamine groups is 2. The van der Waals surface area contributed by atoms with Crippen LogP contribution in [0.1, 0.15) is 0 Å². The van der Waals surface area contributed by atoms with E-state index in [2.05, 4.69) is 4.28 Å². The van der Waals surface area contributed by atoms with Crippen molar-refractivity contribution in [3.8, 4) is 0 Å². The average molecular weight is 317 g/mol. The Hall–Kier alpha value is -0.690. The molecule has 0 spiro atoms. The molecule has 108 valence electrons. The van der Waals surface area contributed by atoms with Gasteiger partial charge in [-0.2, -0.15) is 13.5 Å². The van der Waals surface area contributed by atoms with Crippen molar-refractivity contribution in [1.82, 2.24) is 9.96 Å². The van der Waals surface area contributed by atoms with Crippen LogP contribution in [0.5, 0.6) is 0 Å². The first-order valence-corrected chi connectivity index (χ1v) is 6.48. The van der Waals surface area contributed by atoms with E-state index in [4.69, 9.17) is 15.4 Å². The summed E-state index contributed by atoms with van der Waals surface area (Å²) in [4.78, 5) is 24.1. The molecule has 0 radical (unpaired) electrons. The molecular weight excluding hydrogens is 305 g/mol. The van der Waals surface area contributed by atoms with Crippen LogP contribution >= 0.6 is 0 Å². The summed E-state index contributed by atoms with van der Waals surface area (Å²) >= 11 is 0. The third kappa shape index (κ3) is 3.14. The van der Waals surface area contributed by atoms with Gasteiger partial charge in [-0.1, -0.05) is 6.08 Å². The van der Waals surface area contributed by atoms with Crippen molar-refractivity contribution in [3.63, 3.8) is 0 Å². The van der Waals surface area contributed by atoms with Crippen molar-refractivity contribution in [1.29, 1.82) is 0 Å². The van der Waals surface area contributed by atoms with Crippen LogP contribution < -0.4 is 5.73 Å². The zero-order valence-electron chi connectivity index (χ0n) is 9.46. The summed E-state index contributed by atoms with van der Waals surface area (Å²) in [6.45, 7) is -0.556. The van der Waals surface area contributed by atoms with Gasteiger partial charge < -0.3 is 15.7 Å². The standard InChI is InChI=1S/C8H11N3O7S.Na.H/c9-7(13)6-4(3-12)1-5-2-10(6)8(14)11(5)18-19(15,16)17;;/h1,5-6,12H,2-3H2,(H2,9,13)(H,15,16,17);;. The fraction of sp³-hybridized carbons (Fsp3) is 0.500. The number of carbonyl (C=O) groups excluding carboxylic acids is 2. The van der Waals surface area contributed by atoms with Gasteiger partial charge in [0.25, 0.3) is 0 Å². The van der Waals surface area contributed by atoms with E-state index >= 15 is 0 Å². The molecule has 2 rings (SSSR count). The van der Waals surface area contributed by atoms with Gasteiger partial charge >= 0.3 is 46.0 Å². The minimum absolute atomic E-state index is 0. The van der Waals surface area contributed by atoms with Crippen molar-refractivity contribution in [3.05, 3.63) is 11.6 Å². The molecule has 2 bridgehead atoms. The maximum atomic E-state index is 11.9. The Bertz CT molecular complexity index is 562. The first kappa shape index (κ1) is 17.4. The Morgan fingerprint density at radius 1 is 1.55 bits per heavy atom. The number of carbonyl (C=O) groups is 2. The number of primary amides is 1. The summed E-state index contributed by atoms with van der Waals surface area (Å²) < 4.78 is 34.0. The molecule has 0 aromatic carbocycles. The van der Waals surface area contributed by atoms with Crippen molar-refractivity contribution in [2.75, 3.05) is 13.2 Å². The van der Waals surface area contributed by atoms with Crippen molar-refractivity contribution >= 4 is 51.9 Å². The predicted octanol–water partition coefficient (Wildman–Crippen LogP) is -3.04. The Morgan fingerprint density at radius 3 is 2.60 bits per heavy atom. The first-order chi connectivity index (χ1) is 8.74. The molecule has 2 aliphatic heterocycles. The third-order valence-electron chi connectivity index (χ3n) is 2.82. The van der Waals surface area contributed by atoms with Gasteiger partial charge in [0.05, 0.1) is 19.2 Å². The number of fused-ring (bicyclic) bond motifs is 2. The van der Waals surface area contributed by atoms with Crippen molar-refractivity contribution in [2.24, 2.45) is 5.73 Å². The van der Waals surface area contributed by atoms with Crippen LogP contribution in [-0.2, 0) is 19.5 Å². The van der Waals surface area contributed by atoms with Crippen LogP contribution in [0.4, 0.5) is 4.79 Å². The van der Waals surface area contributed by atoms with Crippen LogP contribution in [0.25, 0.3) is 0 Å². The van der Waals surface area contributed by atoms with E-state index in [9.17, 15) is 18.0 Å². The normalized spacial score (nSPS) is 25.3. The van der Waals surface area contributed by atoms with Gasteiger partial charge in [0.1, 0.15) is 6.04 Å². The summed E-state index contributed by atoms with van der Waals surface area (Å²) in [7, 11) is -4.87. The number of urea groups is 1. The van der Waals surface area contributed by atoms with E-state index in [-0.39, 0.29) is 41.7 Å². The van der Waals surface area contributed by atoms with Crippen LogP contribution in [0.3, 0.4) is 0 Å². The van der Waals surface area contributed by atoms with Crippen LogP contribution in [0.15, 0.2) is 11.6 Å². The summed E-state index contributed by atoms with van der Waals surface area (Å²) in [5.74, 6) is -0.860. The molecule has 12 heteroatoms. The molecule has 2 aliphatic rings. The summed E-state index contributed by atoms with van der Waals surface area (Å²) in [5, 5.41) is 9.55. The number of hydrogen-bond acceptors (Lipinski definition) is 6. The Balaban J connectivity index is 0.00000200. The Morgan fingerprint density at radius 2 is 2.15 bits per heavy atom. The van der Waals surface area contributed by atoms with Crippen molar-refractivity contribution < 1.29 is 31.9 Å². The zero-order valence-corrected chi connectivity index (χ0v) is 10.3. The fourth-order valence-electron chi connectivity index (χ4n) is 2.16. The number of aliphatic hydroxyl groups is 1. The molecule has 2 heterocycles. The van der Waals surface area contributed by atoms with Gasteiger partial charge in [-0.15, -0.1) is 4.28 Å². The molecule has 2 unspecified atom stereocenters. The van der Waals surface area contributed by atoms with Gasteiger partial charge in [-0.25, -0.2) is 4.79 Å². The number of amides is 3. The van der Waals surface area contributed by atoms with E-state index in [1.165, 1.54) is 6.08 Å². The molecule has 10 nitrogen and oxygen atoms in total. The monoisotopic (exact) mass is 317 g/mol. The third-order valence-corrected chi connectivity index (χ3v) is 3.16. The molecule has 0 aromatic heterocycles. The fourth-order valence-corrected chi connectivity index (χ4v) is 2.54. The molecule has 4 N–H and O–H groups in total. The Labute approximate surface area is 136 Å². The predicted molar refractivity (Wildman–Crippen MR) is 65.7 cm³/mol. The maximum absolute atomic E-state index is 11.9. The summed E-state index contributed by atoms with van der Waals surface area (Å²) in [5.41, 5.74) is 5.31. The Kier molecular flexibility index (Phi) is 5.18. The second-order valence-electron chi connectivity index (χ2n) is 4.03. The molecule has 0 saturated carbocycles. The van der Waals surface area contributed by atoms with Gasteiger partial charge in [0.15, 0.2) is 0 Å².